The van der Waals surface area contributed by atoms with Gasteiger partial charge in [-0.3, -0.25) is 14.4 Å². The molecular formula is C38H53F3N2O5. The van der Waals surface area contributed by atoms with E-state index in [-0.39, 0.29) is 36.0 Å². The minimum Gasteiger partial charge on any atom is -0.454 e. The van der Waals surface area contributed by atoms with Gasteiger partial charge in [-0.05, 0) is 62.8 Å². The van der Waals surface area contributed by atoms with E-state index in [1.165, 1.54) is 44.7 Å². The minimum absolute atomic E-state index is 0.0653. The number of ether oxygens (including phenoxy) is 1. The molecule has 48 heavy (non-hydrogen) atoms. The maximum atomic E-state index is 13.7. The zero-order valence-electron chi connectivity index (χ0n) is 28.7. The number of alkyl halides is 3. The molecule has 266 valence electrons. The standard InChI is InChI=1S/C38H53F3N2O5/c1-4-5-6-7-8-9-11-17-28(3)36(46)43-32(22-14-15-23-42)33(44)25-30(24-29-19-12-10-13-20-29)34(45)26-48-37(47)35-27(2)18-16-21-31(35)38(39,40)41/h10,12-13,16,18-21,28,30,32H,4-9,11,14-15,17,22-26,42H2,1-3H3,(H,43,46)/t28?,30-,32?/m1/s1. The molecule has 0 bridgehead atoms. The molecule has 0 heterocycles. The number of hydrogen-bond donors (Lipinski definition) is 2. The average molecular weight is 675 g/mol. The van der Waals surface area contributed by atoms with E-state index in [4.69, 9.17) is 10.5 Å². The first kappa shape index (κ1) is 40.6. The molecule has 3 N–H and O–H groups in total. The van der Waals surface area contributed by atoms with Crippen molar-refractivity contribution in [1.82, 2.24) is 5.32 Å². The topological polar surface area (TPSA) is 116 Å². The Kier molecular flexibility index (Phi) is 18.2. The van der Waals surface area contributed by atoms with Crippen LogP contribution in [0.4, 0.5) is 13.2 Å². The highest BCUT2D eigenvalue weighted by atomic mass is 19.4. The van der Waals surface area contributed by atoms with E-state index in [1.807, 2.05) is 13.0 Å². The van der Waals surface area contributed by atoms with Crippen molar-refractivity contribution in [2.75, 3.05) is 13.2 Å². The van der Waals surface area contributed by atoms with Crippen LogP contribution in [0.3, 0.4) is 0 Å². The predicted molar refractivity (Wildman–Crippen MR) is 181 cm³/mol. The van der Waals surface area contributed by atoms with E-state index in [0.29, 0.717) is 32.2 Å². The van der Waals surface area contributed by atoms with Gasteiger partial charge in [0.1, 0.15) is 0 Å². The summed E-state index contributed by atoms with van der Waals surface area (Å²) in [6.07, 6.45) is 5.41. The number of benzene rings is 2. The number of unbranched alkanes of at least 4 members (excludes halogenated alkanes) is 7. The highest BCUT2D eigenvalue weighted by molar-refractivity contribution is 5.96. The van der Waals surface area contributed by atoms with Crippen LogP contribution >= 0.6 is 0 Å². The maximum absolute atomic E-state index is 13.7. The number of amides is 1. The maximum Gasteiger partial charge on any atom is 0.417 e. The Labute approximate surface area is 283 Å². The summed E-state index contributed by atoms with van der Waals surface area (Å²) in [5.74, 6) is -3.61. The Morgan fingerprint density at radius 1 is 0.833 bits per heavy atom. The van der Waals surface area contributed by atoms with Crippen molar-refractivity contribution in [3.63, 3.8) is 0 Å². The Morgan fingerprint density at radius 2 is 1.48 bits per heavy atom. The molecule has 0 aliphatic rings. The molecular weight excluding hydrogens is 621 g/mol. The fourth-order valence-electron chi connectivity index (χ4n) is 5.74. The summed E-state index contributed by atoms with van der Waals surface area (Å²) >= 11 is 0. The van der Waals surface area contributed by atoms with Gasteiger partial charge < -0.3 is 15.8 Å². The molecule has 2 rings (SSSR count). The van der Waals surface area contributed by atoms with Gasteiger partial charge >= 0.3 is 12.1 Å². The highest BCUT2D eigenvalue weighted by Crippen LogP contribution is 2.33. The Balaban J connectivity index is 2.14. The number of nitrogens with two attached hydrogens (primary N) is 1. The van der Waals surface area contributed by atoms with E-state index in [9.17, 15) is 32.3 Å². The van der Waals surface area contributed by atoms with E-state index in [0.717, 1.165) is 30.9 Å². The zero-order valence-corrected chi connectivity index (χ0v) is 28.7. The third-order valence-electron chi connectivity index (χ3n) is 8.70. The third kappa shape index (κ3) is 14.3. The molecule has 7 nitrogen and oxygen atoms in total. The first-order chi connectivity index (χ1) is 22.9. The lowest BCUT2D eigenvalue weighted by molar-refractivity contribution is -0.138. The van der Waals surface area contributed by atoms with Crippen molar-refractivity contribution < 1.29 is 37.1 Å². The summed E-state index contributed by atoms with van der Waals surface area (Å²) in [5.41, 5.74) is 4.71. The van der Waals surface area contributed by atoms with Gasteiger partial charge in [0.15, 0.2) is 18.2 Å². The van der Waals surface area contributed by atoms with Crippen molar-refractivity contribution in [2.45, 2.75) is 116 Å². The third-order valence-corrected chi connectivity index (χ3v) is 8.70. The summed E-state index contributed by atoms with van der Waals surface area (Å²) in [6, 6.07) is 11.5. The lowest BCUT2D eigenvalue weighted by Gasteiger charge is -2.23. The van der Waals surface area contributed by atoms with Gasteiger partial charge in [-0.25, -0.2) is 4.79 Å². The molecule has 0 radical (unpaired) electrons. The van der Waals surface area contributed by atoms with Crippen LogP contribution in [0.2, 0.25) is 0 Å². The molecule has 0 spiro atoms. The van der Waals surface area contributed by atoms with Crippen LogP contribution in [0.15, 0.2) is 48.5 Å². The Morgan fingerprint density at radius 3 is 2.12 bits per heavy atom. The second-order valence-corrected chi connectivity index (χ2v) is 12.8. The van der Waals surface area contributed by atoms with Crippen molar-refractivity contribution in [3.8, 4) is 0 Å². The van der Waals surface area contributed by atoms with Crippen molar-refractivity contribution >= 4 is 23.4 Å². The zero-order chi connectivity index (χ0) is 35.5. The number of rotatable bonds is 23. The summed E-state index contributed by atoms with van der Waals surface area (Å²) < 4.78 is 46.0. The number of hydrogen-bond acceptors (Lipinski definition) is 6. The highest BCUT2D eigenvalue weighted by Gasteiger charge is 2.37. The second kappa shape index (κ2) is 21.4. The molecule has 0 saturated carbocycles. The number of Topliss-reactive ketones (excluding diaryl/α,β-unsaturated/α-hetero) is 2. The van der Waals surface area contributed by atoms with Gasteiger partial charge in [0.2, 0.25) is 5.91 Å². The molecule has 2 aromatic carbocycles. The van der Waals surface area contributed by atoms with Gasteiger partial charge in [-0.15, -0.1) is 0 Å². The van der Waals surface area contributed by atoms with Crippen LogP contribution in [0, 0.1) is 18.8 Å². The summed E-state index contributed by atoms with van der Waals surface area (Å²) in [4.78, 5) is 53.2. The second-order valence-electron chi connectivity index (χ2n) is 12.8. The average Bonchev–Trinajstić information content (AvgIpc) is 3.05. The summed E-state index contributed by atoms with van der Waals surface area (Å²) in [5, 5.41) is 2.92. The number of nitrogens with one attached hydrogen (secondary N) is 1. The number of esters is 1. The lowest BCUT2D eigenvalue weighted by Crippen LogP contribution is -2.44. The minimum atomic E-state index is -4.79. The molecule has 3 atom stereocenters. The molecule has 0 aromatic heterocycles. The van der Waals surface area contributed by atoms with E-state index < -0.39 is 47.6 Å². The predicted octanol–water partition coefficient (Wildman–Crippen LogP) is 7.95. The Hall–Kier alpha value is -3.53. The first-order valence-electron chi connectivity index (χ1n) is 17.3. The summed E-state index contributed by atoms with van der Waals surface area (Å²) in [6.45, 7) is 5.02. The van der Waals surface area contributed by atoms with Gasteiger partial charge in [0.25, 0.3) is 0 Å². The van der Waals surface area contributed by atoms with Crippen molar-refractivity contribution in [1.29, 1.82) is 0 Å². The molecule has 0 aliphatic carbocycles. The van der Waals surface area contributed by atoms with Crippen LogP contribution < -0.4 is 11.1 Å². The van der Waals surface area contributed by atoms with Crippen LogP contribution in [0.25, 0.3) is 0 Å². The number of halogens is 3. The van der Waals surface area contributed by atoms with E-state index in [1.54, 1.807) is 24.3 Å². The quantitative estimate of drug-likeness (QED) is 0.0914. The smallest absolute Gasteiger partial charge is 0.417 e. The van der Waals surface area contributed by atoms with Crippen molar-refractivity contribution in [3.05, 3.63) is 70.8 Å². The summed E-state index contributed by atoms with van der Waals surface area (Å²) in [7, 11) is 0. The number of aryl methyl sites for hydroxylation is 1. The molecule has 2 aromatic rings. The molecule has 2 unspecified atom stereocenters. The molecule has 0 fully saturated rings. The van der Waals surface area contributed by atoms with Crippen LogP contribution in [-0.4, -0.2) is 42.6 Å². The Bertz CT molecular complexity index is 1300. The van der Waals surface area contributed by atoms with E-state index >= 15 is 0 Å². The number of carbonyl (C=O) groups excluding carboxylic acids is 4. The van der Waals surface area contributed by atoms with Crippen LogP contribution in [0.5, 0.6) is 0 Å². The number of carbonyl (C=O) groups is 4. The van der Waals surface area contributed by atoms with Gasteiger partial charge in [-0.1, -0.05) is 101 Å². The van der Waals surface area contributed by atoms with Gasteiger partial charge in [-0.2, -0.15) is 13.2 Å². The fraction of sp³-hybridized carbons (Fsp3) is 0.579. The number of ketones is 2. The van der Waals surface area contributed by atoms with Crippen LogP contribution in [0.1, 0.15) is 118 Å². The monoisotopic (exact) mass is 674 g/mol. The van der Waals surface area contributed by atoms with E-state index in [2.05, 4.69) is 12.2 Å². The fourth-order valence-corrected chi connectivity index (χ4v) is 5.74. The molecule has 1 amide bonds. The molecule has 10 heteroatoms. The SMILES string of the molecule is CCCCCCCCCC(C)C(=O)NC(CCCCN)C(=O)C[C@@H](Cc1ccccc1)C(=O)COC(=O)c1c(C)cccc1C(F)(F)F. The molecule has 0 aliphatic heterocycles. The van der Waals surface area contributed by atoms with Gasteiger partial charge in [0.05, 0.1) is 17.2 Å². The largest absolute Gasteiger partial charge is 0.454 e. The first-order valence-corrected chi connectivity index (χ1v) is 17.3. The van der Waals surface area contributed by atoms with Crippen molar-refractivity contribution in [2.24, 2.45) is 17.6 Å². The van der Waals surface area contributed by atoms with Gasteiger partial charge in [0, 0.05) is 18.3 Å². The van der Waals surface area contributed by atoms with Crippen LogP contribution in [-0.2, 0) is 31.7 Å². The lowest BCUT2D eigenvalue weighted by atomic mass is 9.87. The normalized spacial score (nSPS) is 13.4. The molecule has 0 saturated heterocycles.